The van der Waals surface area contributed by atoms with Gasteiger partial charge in [0.2, 0.25) is 6.79 Å². The van der Waals surface area contributed by atoms with E-state index in [2.05, 4.69) is 4.18 Å². The molecule has 0 aromatic heterocycles. The van der Waals surface area contributed by atoms with Gasteiger partial charge in [-0.1, -0.05) is 18.2 Å². The van der Waals surface area contributed by atoms with Gasteiger partial charge in [0.15, 0.2) is 11.5 Å². The molecule has 0 unspecified atom stereocenters. The first-order valence-corrected chi connectivity index (χ1v) is 8.21. The van der Waals surface area contributed by atoms with Crippen molar-refractivity contribution in [1.29, 1.82) is 0 Å². The molecule has 3 rings (SSSR count). The number of hydrogen-bond donors (Lipinski definition) is 0. The van der Waals surface area contributed by atoms with Gasteiger partial charge in [-0.3, -0.25) is 0 Å². The monoisotopic (exact) mass is 376 g/mol. The van der Waals surface area contributed by atoms with Gasteiger partial charge in [0.1, 0.15) is 11.5 Å². The molecule has 1 aliphatic heterocycles. The molecule has 10 heteroatoms. The highest BCUT2D eigenvalue weighted by atomic mass is 32.2. The lowest BCUT2D eigenvalue weighted by Crippen LogP contribution is -2.28. The predicted molar refractivity (Wildman–Crippen MR) is 80.2 cm³/mol. The van der Waals surface area contributed by atoms with Crippen LogP contribution >= 0.6 is 0 Å². The zero-order valence-corrected chi connectivity index (χ0v) is 13.5. The van der Waals surface area contributed by atoms with Crippen molar-refractivity contribution in [3.05, 3.63) is 36.4 Å². The molecule has 0 saturated heterocycles. The second-order valence-electron chi connectivity index (χ2n) is 4.89. The molecule has 0 atom stereocenters. The number of alkyl halides is 3. The zero-order chi connectivity index (χ0) is 18.2. The second kappa shape index (κ2) is 6.03. The zero-order valence-electron chi connectivity index (χ0n) is 12.7. The third kappa shape index (κ3) is 3.16. The fraction of sp³-hybridized carbons (Fsp3) is 0.200. The van der Waals surface area contributed by atoms with E-state index in [1.807, 2.05) is 0 Å². The van der Waals surface area contributed by atoms with E-state index in [1.54, 1.807) is 24.3 Å². The Morgan fingerprint density at radius 2 is 1.80 bits per heavy atom. The van der Waals surface area contributed by atoms with Crippen molar-refractivity contribution in [2.24, 2.45) is 0 Å². The van der Waals surface area contributed by atoms with Gasteiger partial charge in [-0.25, -0.2) is 0 Å². The molecule has 0 aliphatic carbocycles. The minimum Gasteiger partial charge on any atom is -0.496 e. The van der Waals surface area contributed by atoms with E-state index in [-0.39, 0.29) is 23.9 Å². The van der Waals surface area contributed by atoms with Crippen LogP contribution in [0.25, 0.3) is 11.1 Å². The molecular formula is C15H11F3O6S. The van der Waals surface area contributed by atoms with Crippen LogP contribution in [0.4, 0.5) is 13.2 Å². The van der Waals surface area contributed by atoms with E-state index in [9.17, 15) is 21.6 Å². The van der Waals surface area contributed by atoms with Gasteiger partial charge in [-0.15, -0.1) is 0 Å². The Balaban J connectivity index is 2.13. The van der Waals surface area contributed by atoms with Crippen LogP contribution in [0.1, 0.15) is 0 Å². The molecule has 0 radical (unpaired) electrons. The fourth-order valence-electron chi connectivity index (χ4n) is 2.27. The van der Waals surface area contributed by atoms with Gasteiger partial charge >= 0.3 is 15.6 Å². The third-order valence-corrected chi connectivity index (χ3v) is 4.31. The summed E-state index contributed by atoms with van der Waals surface area (Å²) in [5.41, 5.74) is -4.80. The van der Waals surface area contributed by atoms with E-state index in [0.29, 0.717) is 11.3 Å². The van der Waals surface area contributed by atoms with Gasteiger partial charge in [0, 0.05) is 17.2 Å². The maximum atomic E-state index is 12.5. The van der Waals surface area contributed by atoms with E-state index in [4.69, 9.17) is 14.2 Å². The molecule has 1 aliphatic rings. The first-order valence-electron chi connectivity index (χ1n) is 6.81. The van der Waals surface area contributed by atoms with Gasteiger partial charge < -0.3 is 18.4 Å². The van der Waals surface area contributed by atoms with Crippen molar-refractivity contribution >= 4 is 10.1 Å². The van der Waals surface area contributed by atoms with E-state index < -0.39 is 21.4 Å². The summed E-state index contributed by atoms with van der Waals surface area (Å²) < 4.78 is 80.0. The summed E-state index contributed by atoms with van der Waals surface area (Å²) in [6.07, 6.45) is 0. The highest BCUT2D eigenvalue weighted by molar-refractivity contribution is 7.88. The molecule has 2 aromatic carbocycles. The quantitative estimate of drug-likeness (QED) is 0.602. The van der Waals surface area contributed by atoms with Gasteiger partial charge in [0.05, 0.1) is 7.11 Å². The Morgan fingerprint density at radius 3 is 2.48 bits per heavy atom. The molecule has 134 valence electrons. The molecule has 1 heterocycles. The van der Waals surface area contributed by atoms with Gasteiger partial charge in [-0.2, -0.15) is 21.6 Å². The standard InChI is InChI=1S/C15H11F3O6S/c1-21-12-5-3-2-4-10(12)11-6-9(7-13-14(11)23-8-22-13)24-25(19,20)15(16,17)18/h2-7H,8H2,1H3. The number of fused-ring (bicyclic) bond motifs is 1. The number of methoxy groups -OCH3 is 1. The van der Waals surface area contributed by atoms with Gasteiger partial charge in [0.25, 0.3) is 0 Å². The second-order valence-corrected chi connectivity index (χ2v) is 6.43. The van der Waals surface area contributed by atoms with Gasteiger partial charge in [-0.05, 0) is 12.1 Å². The van der Waals surface area contributed by atoms with E-state index in [1.165, 1.54) is 7.11 Å². The first kappa shape index (κ1) is 17.2. The van der Waals surface area contributed by atoms with Crippen LogP contribution in [-0.2, 0) is 10.1 Å². The molecule has 0 spiro atoms. The van der Waals surface area contributed by atoms with Crippen LogP contribution in [0, 0.1) is 0 Å². The molecule has 0 fully saturated rings. The summed E-state index contributed by atoms with van der Waals surface area (Å²) >= 11 is 0. The Morgan fingerprint density at radius 1 is 1.08 bits per heavy atom. The maximum absolute atomic E-state index is 12.5. The maximum Gasteiger partial charge on any atom is 0.534 e. The Labute approximate surface area is 140 Å². The number of rotatable bonds is 4. The van der Waals surface area contributed by atoms with Crippen molar-refractivity contribution < 1.29 is 40.0 Å². The third-order valence-electron chi connectivity index (χ3n) is 3.33. The van der Waals surface area contributed by atoms with Crippen molar-refractivity contribution in [2.75, 3.05) is 13.9 Å². The summed E-state index contributed by atoms with van der Waals surface area (Å²) in [5, 5.41) is 0. The Hall–Kier alpha value is -2.62. The molecule has 25 heavy (non-hydrogen) atoms. The minimum atomic E-state index is -5.81. The topological polar surface area (TPSA) is 71.1 Å². The molecular weight excluding hydrogens is 365 g/mol. The van der Waals surface area contributed by atoms with Crippen LogP contribution in [-0.4, -0.2) is 27.8 Å². The molecule has 0 bridgehead atoms. The summed E-state index contributed by atoms with van der Waals surface area (Å²) in [6, 6.07) is 8.79. The average molecular weight is 376 g/mol. The molecule has 0 N–H and O–H groups in total. The number of para-hydroxylation sites is 1. The lowest BCUT2D eigenvalue weighted by Gasteiger charge is -2.14. The lowest BCUT2D eigenvalue weighted by molar-refractivity contribution is -0.0500. The number of hydrogen-bond acceptors (Lipinski definition) is 6. The molecule has 0 saturated carbocycles. The summed E-state index contributed by atoms with van der Waals surface area (Å²) in [5.74, 6) is 0.176. The highest BCUT2D eigenvalue weighted by Gasteiger charge is 2.48. The fourth-order valence-corrected chi connectivity index (χ4v) is 2.72. The number of benzene rings is 2. The number of halogens is 3. The molecule has 6 nitrogen and oxygen atoms in total. The average Bonchev–Trinajstić information content (AvgIpc) is 3.01. The first-order chi connectivity index (χ1) is 11.7. The number of ether oxygens (including phenoxy) is 3. The summed E-state index contributed by atoms with van der Waals surface area (Å²) in [6.45, 7) is -0.160. The predicted octanol–water partition coefficient (Wildman–Crippen LogP) is 3.32. The van der Waals surface area contributed by atoms with Crippen molar-refractivity contribution in [3.8, 4) is 34.1 Å². The largest absolute Gasteiger partial charge is 0.534 e. The van der Waals surface area contributed by atoms with Crippen LogP contribution in [0.15, 0.2) is 36.4 Å². The molecule has 0 amide bonds. The van der Waals surface area contributed by atoms with Crippen molar-refractivity contribution in [1.82, 2.24) is 0 Å². The Bertz CT molecular complexity index is 908. The minimum absolute atomic E-state index is 0.0655. The van der Waals surface area contributed by atoms with Crippen LogP contribution in [0.2, 0.25) is 0 Å². The normalized spacial score (nSPS) is 13.6. The van der Waals surface area contributed by atoms with Crippen LogP contribution < -0.4 is 18.4 Å². The summed E-state index contributed by atoms with van der Waals surface area (Å²) in [7, 11) is -4.39. The SMILES string of the molecule is COc1ccccc1-c1cc(OS(=O)(=O)C(F)(F)F)cc2c1OCO2. The van der Waals surface area contributed by atoms with Crippen molar-refractivity contribution in [3.63, 3.8) is 0 Å². The molecule has 2 aromatic rings. The van der Waals surface area contributed by atoms with E-state index in [0.717, 1.165) is 12.1 Å². The smallest absolute Gasteiger partial charge is 0.496 e. The van der Waals surface area contributed by atoms with Crippen LogP contribution in [0.3, 0.4) is 0 Å². The highest BCUT2D eigenvalue weighted by Crippen LogP contribution is 2.47. The Kier molecular flexibility index (Phi) is 4.15. The van der Waals surface area contributed by atoms with Crippen LogP contribution in [0.5, 0.6) is 23.0 Å². The summed E-state index contributed by atoms with van der Waals surface area (Å²) in [4.78, 5) is 0. The lowest BCUT2D eigenvalue weighted by atomic mass is 10.0. The van der Waals surface area contributed by atoms with E-state index >= 15 is 0 Å². The van der Waals surface area contributed by atoms with Crippen molar-refractivity contribution in [2.45, 2.75) is 5.51 Å².